The van der Waals surface area contributed by atoms with Crippen molar-refractivity contribution in [1.82, 2.24) is 10.6 Å². The number of carbonyl (C=O) groups is 3. The molecule has 0 fully saturated rings. The number of rotatable bonds is 9. The third kappa shape index (κ3) is 8.66. The summed E-state index contributed by atoms with van der Waals surface area (Å²) in [7, 11) is 1.55. The van der Waals surface area contributed by atoms with Gasteiger partial charge in [0.15, 0.2) is 0 Å². The first-order valence-corrected chi connectivity index (χ1v) is 13.4. The molecule has 122 valence electrons. The zero-order valence-electron chi connectivity index (χ0n) is 13.3. The van der Waals surface area contributed by atoms with E-state index >= 15 is 0 Å². The van der Waals surface area contributed by atoms with Crippen molar-refractivity contribution in [3.8, 4) is 0 Å². The Labute approximate surface area is 148 Å². The van der Waals surface area contributed by atoms with Gasteiger partial charge in [-0.15, -0.1) is 0 Å². The average molecular weight is 509 g/mol. The normalized spacial score (nSPS) is 11.0. The van der Waals surface area contributed by atoms with E-state index in [1.807, 2.05) is 6.07 Å². The third-order valence-corrected chi connectivity index (χ3v) is 8.84. The molecule has 0 saturated heterocycles. The van der Waals surface area contributed by atoms with Crippen LogP contribution in [0.2, 0.25) is 3.93 Å². The molecule has 0 aromatic heterocycles. The molecular weight excluding hydrogens is 489 g/mol. The molecule has 1 atom stereocenters. The van der Waals surface area contributed by atoms with Crippen LogP contribution in [0.3, 0.4) is 0 Å². The Kier molecular flexibility index (Phi) is 9.46. The SMILES string of the molecule is COC(CNC(=O)CNC(=O)c1ccccc1)[CH2][Hg][O]C(C)=O. The Bertz CT molecular complexity index is 524. The molecule has 0 aliphatic rings. The number of hydrogen-bond donors (Lipinski definition) is 2. The van der Waals surface area contributed by atoms with Crippen molar-refractivity contribution in [3.63, 3.8) is 0 Å². The molecule has 0 aliphatic carbocycles. The van der Waals surface area contributed by atoms with Gasteiger partial charge in [-0.05, 0) is 0 Å². The molecule has 0 bridgehead atoms. The fraction of sp³-hybridized carbons (Fsp3) is 0.400. The van der Waals surface area contributed by atoms with Crippen LogP contribution in [0.5, 0.6) is 0 Å². The van der Waals surface area contributed by atoms with Gasteiger partial charge < -0.3 is 0 Å². The maximum absolute atomic E-state index is 11.8. The molecule has 0 aliphatic heterocycles. The number of nitrogens with one attached hydrogen (secondary N) is 2. The molecule has 0 saturated carbocycles. The molecule has 8 heteroatoms. The predicted molar refractivity (Wildman–Crippen MR) is 79.2 cm³/mol. The summed E-state index contributed by atoms with van der Waals surface area (Å²) >= 11 is -1.73. The van der Waals surface area contributed by atoms with Gasteiger partial charge in [-0.2, -0.15) is 0 Å². The summed E-state index contributed by atoms with van der Waals surface area (Å²) in [5, 5.41) is 5.25. The van der Waals surface area contributed by atoms with E-state index in [9.17, 15) is 14.4 Å². The number of methoxy groups -OCH3 is 1. The quantitative estimate of drug-likeness (QED) is 0.475. The summed E-state index contributed by atoms with van der Waals surface area (Å²) in [6.45, 7) is 1.62. The van der Waals surface area contributed by atoms with Crippen molar-refractivity contribution < 1.29 is 46.8 Å². The van der Waals surface area contributed by atoms with Crippen LogP contribution < -0.4 is 10.6 Å². The van der Waals surface area contributed by atoms with Crippen molar-refractivity contribution in [3.05, 3.63) is 35.9 Å². The van der Waals surface area contributed by atoms with Gasteiger partial charge in [-0.1, -0.05) is 0 Å². The van der Waals surface area contributed by atoms with Crippen LogP contribution in [0.1, 0.15) is 17.3 Å². The molecule has 0 heterocycles. The first-order valence-electron chi connectivity index (χ1n) is 7.29. The van der Waals surface area contributed by atoms with E-state index in [4.69, 9.17) is 7.38 Å². The zero-order chi connectivity index (χ0) is 17.1. The van der Waals surface area contributed by atoms with Gasteiger partial charge in [0.05, 0.1) is 0 Å². The molecular formula is C15H20HgN2O5. The minimum atomic E-state index is -1.73. The molecule has 1 unspecified atom stereocenters. The molecule has 1 aromatic carbocycles. The van der Waals surface area contributed by atoms with E-state index in [2.05, 4.69) is 10.6 Å². The van der Waals surface area contributed by atoms with E-state index in [0.29, 0.717) is 16.0 Å². The van der Waals surface area contributed by atoms with Gasteiger partial charge in [0.2, 0.25) is 0 Å². The molecule has 23 heavy (non-hydrogen) atoms. The number of carbonyl (C=O) groups excluding carboxylic acids is 3. The van der Waals surface area contributed by atoms with Crippen LogP contribution in [-0.4, -0.2) is 44.1 Å². The van der Waals surface area contributed by atoms with Gasteiger partial charge >= 0.3 is 148 Å². The van der Waals surface area contributed by atoms with Crippen LogP contribution in [0, 0.1) is 0 Å². The number of benzene rings is 1. The Morgan fingerprint density at radius 3 is 2.48 bits per heavy atom. The van der Waals surface area contributed by atoms with E-state index in [0.717, 1.165) is 0 Å². The first kappa shape index (κ1) is 19.6. The van der Waals surface area contributed by atoms with Crippen molar-refractivity contribution in [2.45, 2.75) is 17.0 Å². The summed E-state index contributed by atoms with van der Waals surface area (Å²) in [5.41, 5.74) is 0.506. The fourth-order valence-electron chi connectivity index (χ4n) is 1.78. The summed E-state index contributed by atoms with van der Waals surface area (Å²) in [6.07, 6.45) is -0.162. The van der Waals surface area contributed by atoms with E-state index in [1.165, 1.54) is 6.92 Å². The molecule has 0 spiro atoms. The second-order valence-electron chi connectivity index (χ2n) is 4.84. The Balaban J connectivity index is 2.24. The molecule has 0 radical (unpaired) electrons. The summed E-state index contributed by atoms with van der Waals surface area (Å²) in [5.74, 6) is -0.842. The van der Waals surface area contributed by atoms with E-state index in [-0.39, 0.29) is 30.4 Å². The molecule has 7 nitrogen and oxygen atoms in total. The molecule has 1 aromatic rings. The van der Waals surface area contributed by atoms with Crippen molar-refractivity contribution >= 4 is 17.8 Å². The van der Waals surface area contributed by atoms with Gasteiger partial charge in [0.1, 0.15) is 0 Å². The third-order valence-electron chi connectivity index (χ3n) is 3.05. The zero-order valence-corrected chi connectivity index (χ0v) is 18.8. The Morgan fingerprint density at radius 2 is 1.87 bits per heavy atom. The van der Waals surface area contributed by atoms with Gasteiger partial charge in [0.25, 0.3) is 0 Å². The number of amides is 2. The standard InChI is InChI=1S/C13H17N2O3.C2H4O2.Hg/c1-10(18-2)8-14-12(16)9-15-13(17)11-6-4-3-5-7-11;1-2(3)4;/h3-7,10H,1,8-9H2,2H3,(H,14,16)(H,15,17);1H3,(H,3,4);/q;;+1/p-1. The number of ether oxygens (including phenoxy) is 1. The van der Waals surface area contributed by atoms with Crippen molar-refractivity contribution in [1.29, 1.82) is 0 Å². The molecule has 2 amide bonds. The van der Waals surface area contributed by atoms with E-state index in [1.54, 1.807) is 31.4 Å². The fourth-order valence-corrected chi connectivity index (χ4v) is 6.09. The minimum absolute atomic E-state index is 0.0988. The van der Waals surface area contributed by atoms with Crippen LogP contribution in [-0.2, 0) is 42.0 Å². The van der Waals surface area contributed by atoms with E-state index < -0.39 is 25.0 Å². The summed E-state index contributed by atoms with van der Waals surface area (Å²) in [6, 6.07) is 8.68. The van der Waals surface area contributed by atoms with Gasteiger partial charge in [-0.3, -0.25) is 0 Å². The monoisotopic (exact) mass is 510 g/mol. The summed E-state index contributed by atoms with van der Waals surface area (Å²) in [4.78, 5) is 34.3. The Morgan fingerprint density at radius 1 is 1.17 bits per heavy atom. The maximum atomic E-state index is 11.8. The first-order chi connectivity index (χ1) is 11.0. The predicted octanol–water partition coefficient (Wildman–Crippen LogP) is 0.527. The second kappa shape index (κ2) is 11.1. The van der Waals surface area contributed by atoms with Gasteiger partial charge in [-0.25, -0.2) is 0 Å². The second-order valence-corrected chi connectivity index (χ2v) is 9.79. The van der Waals surface area contributed by atoms with Crippen LogP contribution >= 0.6 is 0 Å². The summed E-state index contributed by atoms with van der Waals surface area (Å²) < 4.78 is 11.0. The van der Waals surface area contributed by atoms with Crippen molar-refractivity contribution in [2.75, 3.05) is 20.2 Å². The Hall–Kier alpha value is -1.47. The number of hydrogen-bond acceptors (Lipinski definition) is 5. The topological polar surface area (TPSA) is 93.7 Å². The molecule has 1 rings (SSSR count). The van der Waals surface area contributed by atoms with Crippen molar-refractivity contribution in [2.24, 2.45) is 0 Å². The molecule has 2 N–H and O–H groups in total. The van der Waals surface area contributed by atoms with Gasteiger partial charge in [0, 0.05) is 0 Å². The van der Waals surface area contributed by atoms with Crippen LogP contribution in [0.15, 0.2) is 30.3 Å². The van der Waals surface area contributed by atoms with Crippen LogP contribution in [0.25, 0.3) is 0 Å². The van der Waals surface area contributed by atoms with Crippen LogP contribution in [0.4, 0.5) is 0 Å². The average Bonchev–Trinajstić information content (AvgIpc) is 2.56.